The summed E-state index contributed by atoms with van der Waals surface area (Å²) in [6.45, 7) is 1.73. The Morgan fingerprint density at radius 3 is 2.70 bits per heavy atom. The first kappa shape index (κ1) is 15.5. The van der Waals surface area contributed by atoms with Crippen LogP contribution in [0.3, 0.4) is 0 Å². The number of carboxylic acids is 1. The van der Waals surface area contributed by atoms with Crippen LogP contribution in [0, 0.1) is 12.8 Å². The van der Waals surface area contributed by atoms with Crippen molar-refractivity contribution in [3.05, 3.63) is 28.2 Å². The molecule has 1 aromatic carbocycles. The van der Waals surface area contributed by atoms with Crippen molar-refractivity contribution in [3.63, 3.8) is 0 Å². The van der Waals surface area contributed by atoms with Gasteiger partial charge in [0.05, 0.1) is 10.8 Å². The van der Waals surface area contributed by atoms with Gasteiger partial charge in [0.2, 0.25) is 10.0 Å². The molecular formula is C13H16BrNO4S. The summed E-state index contributed by atoms with van der Waals surface area (Å²) in [4.78, 5) is 11.1. The van der Waals surface area contributed by atoms with Gasteiger partial charge in [-0.25, -0.2) is 13.1 Å². The van der Waals surface area contributed by atoms with Gasteiger partial charge >= 0.3 is 5.97 Å². The molecule has 1 saturated carbocycles. The molecule has 0 radical (unpaired) electrons. The van der Waals surface area contributed by atoms with Gasteiger partial charge in [-0.2, -0.15) is 0 Å². The summed E-state index contributed by atoms with van der Waals surface area (Å²) < 4.78 is 28.0. The third-order valence-corrected chi connectivity index (χ3v) is 5.70. The highest BCUT2D eigenvalue weighted by molar-refractivity contribution is 9.10. The lowest BCUT2D eigenvalue weighted by molar-refractivity contribution is -0.141. The number of carboxylic acid groups (broad SMARTS) is 1. The number of sulfonamides is 1. The number of nitrogens with one attached hydrogen (secondary N) is 1. The average Bonchev–Trinajstić information content (AvgIpc) is 2.80. The lowest BCUT2D eigenvalue weighted by Crippen LogP contribution is -2.33. The zero-order chi connectivity index (χ0) is 14.9. The number of carbonyl (C=O) groups is 1. The highest BCUT2D eigenvalue weighted by Crippen LogP contribution is 2.28. The minimum atomic E-state index is -3.62. The maximum atomic E-state index is 12.4. The molecule has 1 fully saturated rings. The number of aliphatic carboxylic acids is 1. The first-order chi connectivity index (χ1) is 9.29. The van der Waals surface area contributed by atoms with E-state index >= 15 is 0 Å². The molecule has 20 heavy (non-hydrogen) atoms. The summed E-state index contributed by atoms with van der Waals surface area (Å²) in [5.41, 5.74) is 0.661. The van der Waals surface area contributed by atoms with Crippen LogP contribution in [0.5, 0.6) is 0 Å². The second-order valence-corrected chi connectivity index (χ2v) is 7.67. The Balaban J connectivity index is 2.16. The van der Waals surface area contributed by atoms with E-state index in [1.54, 1.807) is 25.1 Å². The van der Waals surface area contributed by atoms with Crippen molar-refractivity contribution in [1.29, 1.82) is 0 Å². The summed E-state index contributed by atoms with van der Waals surface area (Å²) in [6, 6.07) is 4.76. The molecule has 7 heteroatoms. The predicted octanol–water partition coefficient (Wildman–Crippen LogP) is 2.29. The third-order valence-electron chi connectivity index (χ3n) is 3.54. The molecule has 0 saturated heterocycles. The van der Waals surface area contributed by atoms with E-state index in [4.69, 9.17) is 5.11 Å². The molecule has 2 rings (SSSR count). The standard InChI is InChI=1S/C13H16BrNO4S/c1-8-2-4-10(14)7-12(8)20(18,19)15-11-5-3-9(6-11)13(16)17/h2,4,7,9,11,15H,3,5-6H2,1H3,(H,16,17)/t9-,11+/m1/s1. The molecule has 1 aliphatic rings. The van der Waals surface area contributed by atoms with Crippen LogP contribution in [0.25, 0.3) is 0 Å². The molecule has 0 unspecified atom stereocenters. The SMILES string of the molecule is Cc1ccc(Br)cc1S(=O)(=O)N[C@H]1CC[C@@H](C(=O)O)C1. The van der Waals surface area contributed by atoms with Crippen LogP contribution >= 0.6 is 15.9 Å². The lowest BCUT2D eigenvalue weighted by Gasteiger charge is -2.14. The van der Waals surface area contributed by atoms with Crippen molar-refractivity contribution in [2.24, 2.45) is 5.92 Å². The Bertz CT molecular complexity index is 629. The van der Waals surface area contributed by atoms with Crippen molar-refractivity contribution in [2.45, 2.75) is 37.1 Å². The summed E-state index contributed by atoms with van der Waals surface area (Å²) in [6.07, 6.45) is 1.42. The van der Waals surface area contributed by atoms with Gasteiger partial charge in [-0.15, -0.1) is 0 Å². The fourth-order valence-corrected chi connectivity index (χ4v) is 4.53. The van der Waals surface area contributed by atoms with E-state index in [0.29, 0.717) is 29.3 Å². The quantitative estimate of drug-likeness (QED) is 0.861. The van der Waals surface area contributed by atoms with E-state index in [0.717, 1.165) is 0 Å². The van der Waals surface area contributed by atoms with Gasteiger partial charge in [0.15, 0.2) is 0 Å². The monoisotopic (exact) mass is 361 g/mol. The van der Waals surface area contributed by atoms with Crippen molar-refractivity contribution in [3.8, 4) is 0 Å². The predicted molar refractivity (Wildman–Crippen MR) is 78.0 cm³/mol. The molecule has 2 atom stereocenters. The summed E-state index contributed by atoms with van der Waals surface area (Å²) in [5, 5.41) is 8.94. The van der Waals surface area contributed by atoms with Crippen molar-refractivity contribution >= 4 is 31.9 Å². The number of halogens is 1. The average molecular weight is 362 g/mol. The molecule has 0 bridgehead atoms. The molecule has 1 aliphatic carbocycles. The molecule has 1 aromatic rings. The van der Waals surface area contributed by atoms with Crippen LogP contribution in [0.2, 0.25) is 0 Å². The number of hydrogen-bond acceptors (Lipinski definition) is 3. The van der Waals surface area contributed by atoms with Crippen molar-refractivity contribution in [2.75, 3.05) is 0 Å². The maximum absolute atomic E-state index is 12.4. The van der Waals surface area contributed by atoms with Crippen LogP contribution in [0.4, 0.5) is 0 Å². The Kier molecular flexibility index (Phi) is 4.51. The van der Waals surface area contributed by atoms with E-state index in [1.165, 1.54) is 0 Å². The van der Waals surface area contributed by atoms with E-state index in [9.17, 15) is 13.2 Å². The van der Waals surface area contributed by atoms with Crippen LogP contribution in [-0.2, 0) is 14.8 Å². The number of hydrogen-bond donors (Lipinski definition) is 2. The Morgan fingerprint density at radius 1 is 1.40 bits per heavy atom. The number of benzene rings is 1. The fraction of sp³-hybridized carbons (Fsp3) is 0.462. The molecule has 5 nitrogen and oxygen atoms in total. The van der Waals surface area contributed by atoms with Crippen LogP contribution in [0.15, 0.2) is 27.6 Å². The normalized spacial score (nSPS) is 22.9. The van der Waals surface area contributed by atoms with Gasteiger partial charge in [0, 0.05) is 10.5 Å². The third kappa shape index (κ3) is 3.39. The minimum absolute atomic E-state index is 0.227. The lowest BCUT2D eigenvalue weighted by atomic mass is 10.1. The van der Waals surface area contributed by atoms with Gasteiger partial charge in [0.1, 0.15) is 0 Å². The van der Waals surface area contributed by atoms with Crippen LogP contribution in [0.1, 0.15) is 24.8 Å². The van der Waals surface area contributed by atoms with E-state index in [2.05, 4.69) is 20.7 Å². The summed E-state index contributed by atoms with van der Waals surface area (Å²) in [7, 11) is -3.62. The smallest absolute Gasteiger partial charge is 0.306 e. The summed E-state index contributed by atoms with van der Waals surface area (Å²) >= 11 is 3.26. The Hall–Kier alpha value is -0.920. The minimum Gasteiger partial charge on any atom is -0.481 e. The molecule has 0 aliphatic heterocycles. The number of aryl methyl sites for hydroxylation is 1. The van der Waals surface area contributed by atoms with Crippen LogP contribution < -0.4 is 4.72 Å². The second-order valence-electron chi connectivity index (χ2n) is 5.08. The molecule has 0 spiro atoms. The molecular weight excluding hydrogens is 346 g/mol. The van der Waals surface area contributed by atoms with Gasteiger partial charge in [-0.05, 0) is 43.9 Å². The molecule has 0 heterocycles. The van der Waals surface area contributed by atoms with E-state index in [1.807, 2.05) is 0 Å². The van der Waals surface area contributed by atoms with Gasteiger partial charge in [0.25, 0.3) is 0 Å². The van der Waals surface area contributed by atoms with Gasteiger partial charge in [-0.1, -0.05) is 22.0 Å². The number of rotatable bonds is 4. The highest BCUT2D eigenvalue weighted by Gasteiger charge is 2.32. The van der Waals surface area contributed by atoms with Crippen LogP contribution in [-0.4, -0.2) is 25.5 Å². The van der Waals surface area contributed by atoms with Gasteiger partial charge in [-0.3, -0.25) is 4.79 Å². The largest absolute Gasteiger partial charge is 0.481 e. The first-order valence-corrected chi connectivity index (χ1v) is 8.58. The van der Waals surface area contributed by atoms with Crippen molar-refractivity contribution in [1.82, 2.24) is 4.72 Å². The molecule has 110 valence electrons. The highest BCUT2D eigenvalue weighted by atomic mass is 79.9. The summed E-state index contributed by atoms with van der Waals surface area (Å²) in [5.74, 6) is -1.31. The maximum Gasteiger partial charge on any atom is 0.306 e. The fourth-order valence-electron chi connectivity index (χ4n) is 2.46. The molecule has 0 amide bonds. The Labute approximate surface area is 126 Å². The second kappa shape index (κ2) is 5.83. The Morgan fingerprint density at radius 2 is 2.10 bits per heavy atom. The van der Waals surface area contributed by atoms with E-state index < -0.39 is 21.9 Å². The van der Waals surface area contributed by atoms with E-state index in [-0.39, 0.29) is 10.9 Å². The first-order valence-electron chi connectivity index (χ1n) is 6.31. The zero-order valence-corrected chi connectivity index (χ0v) is 13.4. The molecule has 0 aromatic heterocycles. The molecule has 2 N–H and O–H groups in total. The topological polar surface area (TPSA) is 83.5 Å². The van der Waals surface area contributed by atoms with Crippen molar-refractivity contribution < 1.29 is 18.3 Å². The van der Waals surface area contributed by atoms with Gasteiger partial charge < -0.3 is 5.11 Å². The zero-order valence-electron chi connectivity index (χ0n) is 11.0.